The normalized spacial score (nSPS) is 12.9. The second-order valence-corrected chi connectivity index (χ2v) is 4.31. The van der Waals surface area contributed by atoms with Crippen molar-refractivity contribution in [3.8, 4) is 0 Å². The lowest BCUT2D eigenvalue weighted by Crippen LogP contribution is -2.28. The van der Waals surface area contributed by atoms with Gasteiger partial charge in [0.2, 0.25) is 0 Å². The van der Waals surface area contributed by atoms with Crippen LogP contribution in [-0.2, 0) is 0 Å². The van der Waals surface area contributed by atoms with Gasteiger partial charge in [-0.15, -0.1) is 0 Å². The van der Waals surface area contributed by atoms with Gasteiger partial charge in [-0.1, -0.05) is 19.9 Å². The number of rotatable bonds is 8. The summed E-state index contributed by atoms with van der Waals surface area (Å²) in [6.45, 7) is 11.1. The molecule has 3 nitrogen and oxygen atoms in total. The van der Waals surface area contributed by atoms with E-state index >= 15 is 0 Å². The van der Waals surface area contributed by atoms with E-state index in [1.54, 1.807) is 0 Å². The van der Waals surface area contributed by atoms with E-state index in [-0.39, 0.29) is 0 Å². The molecule has 0 saturated heterocycles. The molecule has 0 aliphatic rings. The Balaban J connectivity index is 2.19. The molecule has 1 heterocycles. The van der Waals surface area contributed by atoms with E-state index in [9.17, 15) is 0 Å². The van der Waals surface area contributed by atoms with Crippen LogP contribution in [0.1, 0.15) is 38.9 Å². The van der Waals surface area contributed by atoms with Crippen molar-refractivity contribution in [2.45, 2.75) is 33.2 Å². The van der Waals surface area contributed by atoms with Crippen LogP contribution in [0.2, 0.25) is 0 Å². The van der Waals surface area contributed by atoms with Gasteiger partial charge in [-0.2, -0.15) is 0 Å². The quantitative estimate of drug-likeness (QED) is 0.702. The van der Waals surface area contributed by atoms with Gasteiger partial charge in [0, 0.05) is 12.2 Å². The minimum atomic E-state index is 0.341. The lowest BCUT2D eigenvalue weighted by Gasteiger charge is -2.19. The first-order valence-corrected chi connectivity index (χ1v) is 6.64. The van der Waals surface area contributed by atoms with E-state index in [4.69, 9.17) is 0 Å². The number of nitrogens with zero attached hydrogens (tertiary/aromatic N) is 2. The van der Waals surface area contributed by atoms with Gasteiger partial charge in [0.1, 0.15) is 0 Å². The minimum Gasteiger partial charge on any atom is -0.309 e. The summed E-state index contributed by atoms with van der Waals surface area (Å²) >= 11 is 0. The first-order valence-electron chi connectivity index (χ1n) is 6.64. The molecule has 1 aromatic heterocycles. The molecule has 0 fully saturated rings. The summed E-state index contributed by atoms with van der Waals surface area (Å²) in [6, 6.07) is 6.41. The number of pyridine rings is 1. The van der Waals surface area contributed by atoms with Gasteiger partial charge in [0.05, 0.1) is 5.69 Å². The zero-order chi connectivity index (χ0) is 12.5. The molecular weight excluding hydrogens is 210 g/mol. The van der Waals surface area contributed by atoms with Crippen molar-refractivity contribution in [2.75, 3.05) is 26.2 Å². The monoisotopic (exact) mass is 235 g/mol. The molecule has 1 aromatic rings. The summed E-state index contributed by atoms with van der Waals surface area (Å²) in [5, 5.41) is 3.51. The topological polar surface area (TPSA) is 28.2 Å². The van der Waals surface area contributed by atoms with Gasteiger partial charge in [0.15, 0.2) is 0 Å². The maximum absolute atomic E-state index is 4.35. The Morgan fingerprint density at radius 1 is 1.29 bits per heavy atom. The summed E-state index contributed by atoms with van der Waals surface area (Å²) < 4.78 is 0. The van der Waals surface area contributed by atoms with Gasteiger partial charge < -0.3 is 10.2 Å². The SMILES string of the molecule is CCN(CC)CCCNC(C)c1ccccn1. The number of aromatic nitrogens is 1. The Morgan fingerprint density at radius 3 is 2.65 bits per heavy atom. The van der Waals surface area contributed by atoms with Crippen molar-refractivity contribution >= 4 is 0 Å². The van der Waals surface area contributed by atoms with Crippen molar-refractivity contribution in [2.24, 2.45) is 0 Å². The number of hydrogen-bond acceptors (Lipinski definition) is 3. The molecule has 0 radical (unpaired) electrons. The van der Waals surface area contributed by atoms with E-state index in [0.717, 1.165) is 25.3 Å². The maximum Gasteiger partial charge on any atom is 0.0570 e. The third-order valence-corrected chi connectivity index (χ3v) is 3.13. The van der Waals surface area contributed by atoms with E-state index in [1.807, 2.05) is 18.3 Å². The van der Waals surface area contributed by atoms with Crippen molar-refractivity contribution in [3.05, 3.63) is 30.1 Å². The van der Waals surface area contributed by atoms with Crippen molar-refractivity contribution in [1.29, 1.82) is 0 Å². The van der Waals surface area contributed by atoms with Crippen molar-refractivity contribution < 1.29 is 0 Å². The molecule has 0 aromatic carbocycles. The van der Waals surface area contributed by atoms with Crippen LogP contribution in [0.25, 0.3) is 0 Å². The Kier molecular flexibility index (Phi) is 6.82. The molecule has 1 unspecified atom stereocenters. The molecule has 0 bridgehead atoms. The van der Waals surface area contributed by atoms with Crippen LogP contribution in [0.5, 0.6) is 0 Å². The lowest BCUT2D eigenvalue weighted by atomic mass is 10.2. The Hall–Kier alpha value is -0.930. The predicted molar refractivity (Wildman–Crippen MR) is 73.1 cm³/mol. The average molecular weight is 235 g/mol. The molecule has 3 heteroatoms. The maximum atomic E-state index is 4.35. The predicted octanol–water partition coefficient (Wildman–Crippen LogP) is 2.46. The highest BCUT2D eigenvalue weighted by Crippen LogP contribution is 2.07. The zero-order valence-corrected chi connectivity index (χ0v) is 11.3. The standard InChI is InChI=1S/C14H25N3/c1-4-17(5-2)12-8-11-15-13(3)14-9-6-7-10-16-14/h6-7,9-10,13,15H,4-5,8,11-12H2,1-3H3. The molecule has 1 N–H and O–H groups in total. The highest BCUT2D eigenvalue weighted by atomic mass is 15.1. The summed E-state index contributed by atoms with van der Waals surface area (Å²) in [4.78, 5) is 6.80. The Morgan fingerprint density at radius 2 is 2.06 bits per heavy atom. The molecule has 1 rings (SSSR count). The number of hydrogen-bond donors (Lipinski definition) is 1. The fraction of sp³-hybridized carbons (Fsp3) is 0.643. The van der Waals surface area contributed by atoms with Gasteiger partial charge in [-0.3, -0.25) is 4.98 Å². The van der Waals surface area contributed by atoms with Crippen molar-refractivity contribution in [3.63, 3.8) is 0 Å². The van der Waals surface area contributed by atoms with E-state index in [1.165, 1.54) is 13.0 Å². The lowest BCUT2D eigenvalue weighted by molar-refractivity contribution is 0.296. The molecule has 1 atom stereocenters. The fourth-order valence-corrected chi connectivity index (χ4v) is 1.90. The molecule has 0 amide bonds. The molecular formula is C14H25N3. The zero-order valence-electron chi connectivity index (χ0n) is 11.3. The van der Waals surface area contributed by atoms with Crippen molar-refractivity contribution in [1.82, 2.24) is 15.2 Å². The van der Waals surface area contributed by atoms with Crippen LogP contribution >= 0.6 is 0 Å². The van der Waals surface area contributed by atoms with Gasteiger partial charge in [-0.05, 0) is 51.7 Å². The van der Waals surface area contributed by atoms with Gasteiger partial charge in [-0.25, -0.2) is 0 Å². The summed E-state index contributed by atoms with van der Waals surface area (Å²) in [6.07, 6.45) is 3.04. The second-order valence-electron chi connectivity index (χ2n) is 4.31. The Labute approximate surface area is 105 Å². The van der Waals surface area contributed by atoms with Crippen LogP contribution in [0, 0.1) is 0 Å². The largest absolute Gasteiger partial charge is 0.309 e. The van der Waals surface area contributed by atoms with Crippen LogP contribution < -0.4 is 5.32 Å². The van der Waals surface area contributed by atoms with Crippen LogP contribution in [0.15, 0.2) is 24.4 Å². The van der Waals surface area contributed by atoms with Gasteiger partial charge >= 0.3 is 0 Å². The first-order chi connectivity index (χ1) is 8.27. The van der Waals surface area contributed by atoms with E-state index in [0.29, 0.717) is 6.04 Å². The summed E-state index contributed by atoms with van der Waals surface area (Å²) in [5.74, 6) is 0. The molecule has 0 spiro atoms. The van der Waals surface area contributed by atoms with E-state index in [2.05, 4.69) is 42.0 Å². The fourth-order valence-electron chi connectivity index (χ4n) is 1.90. The molecule has 0 aliphatic heterocycles. The molecule has 0 aliphatic carbocycles. The minimum absolute atomic E-state index is 0.341. The third-order valence-electron chi connectivity index (χ3n) is 3.13. The Bertz CT molecular complexity index is 283. The molecule has 17 heavy (non-hydrogen) atoms. The average Bonchev–Trinajstić information content (AvgIpc) is 2.40. The second kappa shape index (κ2) is 8.20. The van der Waals surface area contributed by atoms with Crippen LogP contribution in [0.4, 0.5) is 0 Å². The summed E-state index contributed by atoms with van der Waals surface area (Å²) in [5.41, 5.74) is 1.12. The van der Waals surface area contributed by atoms with Gasteiger partial charge in [0.25, 0.3) is 0 Å². The highest BCUT2D eigenvalue weighted by molar-refractivity contribution is 5.07. The third kappa shape index (κ3) is 5.29. The van der Waals surface area contributed by atoms with Crippen LogP contribution in [-0.4, -0.2) is 36.1 Å². The smallest absolute Gasteiger partial charge is 0.0570 e. The van der Waals surface area contributed by atoms with E-state index < -0.39 is 0 Å². The molecule has 0 saturated carbocycles. The first kappa shape index (κ1) is 14.1. The highest BCUT2D eigenvalue weighted by Gasteiger charge is 2.05. The molecule has 96 valence electrons. The summed E-state index contributed by atoms with van der Waals surface area (Å²) in [7, 11) is 0. The number of nitrogens with one attached hydrogen (secondary N) is 1. The van der Waals surface area contributed by atoms with Crippen LogP contribution in [0.3, 0.4) is 0 Å².